The third-order valence-corrected chi connectivity index (χ3v) is 5.46. The Morgan fingerprint density at radius 3 is 2.24 bits per heavy atom. The van der Waals surface area contributed by atoms with Gasteiger partial charge in [-0.1, -0.05) is 12.1 Å². The van der Waals surface area contributed by atoms with Gasteiger partial charge < -0.3 is 14.2 Å². The first-order valence-corrected chi connectivity index (χ1v) is 8.55. The lowest BCUT2D eigenvalue weighted by Crippen LogP contribution is -2.41. The van der Waals surface area contributed by atoms with E-state index in [-0.39, 0.29) is 18.9 Å². The summed E-state index contributed by atoms with van der Waals surface area (Å²) in [6.45, 7) is 9.29. The maximum Gasteiger partial charge on any atom is 0.494 e. The molecule has 0 spiro atoms. The zero-order valence-electron chi connectivity index (χ0n) is 15.4. The predicted octanol–water partition coefficient (Wildman–Crippen LogP) is 2.78. The minimum atomic E-state index is -2.79. The van der Waals surface area contributed by atoms with Crippen LogP contribution in [0.5, 0.6) is 0 Å². The molecule has 0 aromatic heterocycles. The first-order chi connectivity index (χ1) is 11.4. The number of likely N-dealkylation sites (tertiary alicyclic amines) is 1. The van der Waals surface area contributed by atoms with E-state index in [9.17, 15) is 13.6 Å². The van der Waals surface area contributed by atoms with Crippen LogP contribution in [0, 0.1) is 6.92 Å². The van der Waals surface area contributed by atoms with Crippen molar-refractivity contribution in [3.63, 3.8) is 0 Å². The molecule has 25 heavy (non-hydrogen) atoms. The number of benzene rings is 1. The minimum absolute atomic E-state index is 0.0876. The monoisotopic (exact) mass is 351 g/mol. The number of amides is 1. The first kappa shape index (κ1) is 18.3. The second kappa shape index (κ2) is 5.78. The fourth-order valence-electron chi connectivity index (χ4n) is 3.13. The van der Waals surface area contributed by atoms with Crippen LogP contribution in [0.4, 0.5) is 8.78 Å². The van der Waals surface area contributed by atoms with E-state index in [4.69, 9.17) is 9.31 Å². The van der Waals surface area contributed by atoms with Gasteiger partial charge in [-0.2, -0.15) is 0 Å². The van der Waals surface area contributed by atoms with E-state index in [1.54, 1.807) is 19.1 Å². The highest BCUT2D eigenvalue weighted by molar-refractivity contribution is 6.62. The van der Waals surface area contributed by atoms with Crippen molar-refractivity contribution in [3.05, 3.63) is 29.3 Å². The van der Waals surface area contributed by atoms with Crippen LogP contribution in [0.15, 0.2) is 18.2 Å². The largest absolute Gasteiger partial charge is 0.494 e. The van der Waals surface area contributed by atoms with E-state index in [2.05, 4.69) is 0 Å². The van der Waals surface area contributed by atoms with Crippen molar-refractivity contribution >= 4 is 18.5 Å². The number of hydrogen-bond acceptors (Lipinski definition) is 3. The lowest BCUT2D eigenvalue weighted by Gasteiger charge is -2.32. The second-order valence-electron chi connectivity index (χ2n) is 8.00. The molecular weight excluding hydrogens is 327 g/mol. The molecule has 0 bridgehead atoms. The van der Waals surface area contributed by atoms with Gasteiger partial charge in [-0.15, -0.1) is 0 Å². The van der Waals surface area contributed by atoms with E-state index in [0.717, 1.165) is 11.0 Å². The van der Waals surface area contributed by atoms with E-state index in [0.29, 0.717) is 5.56 Å². The molecule has 7 heteroatoms. The van der Waals surface area contributed by atoms with Crippen LogP contribution < -0.4 is 5.46 Å². The normalized spacial score (nSPS) is 24.0. The Morgan fingerprint density at radius 2 is 1.76 bits per heavy atom. The molecule has 2 aliphatic heterocycles. The fraction of sp³-hybridized carbons (Fsp3) is 0.611. The maximum atomic E-state index is 13.4. The molecule has 0 atom stereocenters. The molecule has 0 aliphatic carbocycles. The number of hydrogen-bond donors (Lipinski definition) is 0. The van der Waals surface area contributed by atoms with Crippen molar-refractivity contribution in [1.82, 2.24) is 4.90 Å². The minimum Gasteiger partial charge on any atom is -0.399 e. The van der Waals surface area contributed by atoms with Crippen LogP contribution >= 0.6 is 0 Å². The maximum absolute atomic E-state index is 13.4. The lowest BCUT2D eigenvalue weighted by atomic mass is 9.78. The van der Waals surface area contributed by atoms with Gasteiger partial charge in [0.25, 0.3) is 11.8 Å². The third kappa shape index (κ3) is 3.32. The molecule has 2 saturated heterocycles. The van der Waals surface area contributed by atoms with Gasteiger partial charge in [-0.05, 0) is 51.7 Å². The molecule has 4 nitrogen and oxygen atoms in total. The molecule has 2 fully saturated rings. The van der Waals surface area contributed by atoms with Crippen molar-refractivity contribution in [1.29, 1.82) is 0 Å². The topological polar surface area (TPSA) is 38.8 Å². The van der Waals surface area contributed by atoms with E-state index in [1.807, 2.05) is 33.8 Å². The molecule has 0 saturated carbocycles. The average molecular weight is 351 g/mol. The number of alkyl halides is 2. The zero-order chi connectivity index (χ0) is 18.6. The lowest BCUT2D eigenvalue weighted by molar-refractivity contribution is 0.00578. The summed E-state index contributed by atoms with van der Waals surface area (Å²) in [6, 6.07) is 5.29. The quantitative estimate of drug-likeness (QED) is 0.770. The van der Waals surface area contributed by atoms with Gasteiger partial charge in [0.2, 0.25) is 0 Å². The molecule has 0 N–H and O–H groups in total. The molecule has 0 radical (unpaired) electrons. The molecule has 136 valence electrons. The highest BCUT2D eigenvalue weighted by Gasteiger charge is 2.51. The molecule has 2 heterocycles. The van der Waals surface area contributed by atoms with Gasteiger partial charge in [0.15, 0.2) is 0 Å². The molecular formula is C18H24BF2NO3. The zero-order valence-corrected chi connectivity index (χ0v) is 15.4. The first-order valence-electron chi connectivity index (χ1n) is 8.55. The molecule has 2 aliphatic rings. The highest BCUT2D eigenvalue weighted by Crippen LogP contribution is 2.36. The SMILES string of the molecule is Cc1cc(B2OC(C)(C)C(C)(C)O2)ccc1C(=O)N1CCC(F)(F)C1. The van der Waals surface area contributed by atoms with E-state index < -0.39 is 30.8 Å². The van der Waals surface area contributed by atoms with Gasteiger partial charge in [0.05, 0.1) is 17.7 Å². The Hall–Kier alpha value is -1.47. The van der Waals surface area contributed by atoms with E-state index in [1.165, 1.54) is 4.90 Å². The smallest absolute Gasteiger partial charge is 0.399 e. The second-order valence-corrected chi connectivity index (χ2v) is 8.00. The summed E-state index contributed by atoms with van der Waals surface area (Å²) >= 11 is 0. The Labute approximate surface area is 147 Å². The summed E-state index contributed by atoms with van der Waals surface area (Å²) in [5, 5.41) is 0. The molecule has 0 unspecified atom stereocenters. The third-order valence-electron chi connectivity index (χ3n) is 5.46. The van der Waals surface area contributed by atoms with Crippen LogP contribution in [-0.4, -0.2) is 48.1 Å². The van der Waals surface area contributed by atoms with E-state index >= 15 is 0 Å². The van der Waals surface area contributed by atoms with Gasteiger partial charge >= 0.3 is 7.12 Å². The molecule has 1 aromatic rings. The van der Waals surface area contributed by atoms with Gasteiger partial charge in [0.1, 0.15) is 0 Å². The highest BCUT2D eigenvalue weighted by atomic mass is 19.3. The number of nitrogens with zero attached hydrogens (tertiary/aromatic N) is 1. The van der Waals surface area contributed by atoms with Crippen LogP contribution in [0.2, 0.25) is 0 Å². The van der Waals surface area contributed by atoms with Crippen molar-refractivity contribution in [2.45, 2.75) is 58.2 Å². The summed E-state index contributed by atoms with van der Waals surface area (Å²) < 4.78 is 38.7. The van der Waals surface area contributed by atoms with Crippen molar-refractivity contribution < 1.29 is 22.9 Å². The Morgan fingerprint density at radius 1 is 1.16 bits per heavy atom. The fourth-order valence-corrected chi connectivity index (χ4v) is 3.13. The van der Waals surface area contributed by atoms with Gasteiger partial charge in [-0.3, -0.25) is 4.79 Å². The van der Waals surface area contributed by atoms with Crippen LogP contribution in [0.3, 0.4) is 0 Å². The molecule has 3 rings (SSSR count). The number of aryl methyl sites for hydroxylation is 1. The summed E-state index contributed by atoms with van der Waals surface area (Å²) in [5.74, 6) is -3.14. The standard InChI is InChI=1S/C18H24BF2NO3/c1-12-10-13(19-24-16(2,3)17(4,5)25-19)6-7-14(12)15(23)22-9-8-18(20,21)11-22/h6-7,10H,8-9,11H2,1-5H3. The molecule has 1 amide bonds. The summed E-state index contributed by atoms with van der Waals surface area (Å²) in [4.78, 5) is 13.7. The van der Waals surface area contributed by atoms with Crippen LogP contribution in [0.25, 0.3) is 0 Å². The summed E-state index contributed by atoms with van der Waals surface area (Å²) in [6.07, 6.45) is -0.274. The van der Waals surface area contributed by atoms with Crippen LogP contribution in [-0.2, 0) is 9.31 Å². The van der Waals surface area contributed by atoms with Crippen LogP contribution in [0.1, 0.15) is 50.0 Å². The Kier molecular flexibility index (Phi) is 4.24. The summed E-state index contributed by atoms with van der Waals surface area (Å²) in [5.41, 5.74) is 1.10. The van der Waals surface area contributed by atoms with Crippen molar-refractivity contribution in [2.24, 2.45) is 0 Å². The number of halogens is 2. The summed E-state index contributed by atoms with van der Waals surface area (Å²) in [7, 11) is -0.510. The van der Waals surface area contributed by atoms with Gasteiger partial charge in [0, 0.05) is 18.5 Å². The van der Waals surface area contributed by atoms with Gasteiger partial charge in [-0.25, -0.2) is 8.78 Å². The van der Waals surface area contributed by atoms with Crippen molar-refractivity contribution in [2.75, 3.05) is 13.1 Å². The predicted molar refractivity (Wildman–Crippen MR) is 92.4 cm³/mol. The Bertz CT molecular complexity index is 690. The number of rotatable bonds is 2. The van der Waals surface area contributed by atoms with Crippen molar-refractivity contribution in [3.8, 4) is 0 Å². The number of carbonyl (C=O) groups is 1. The number of carbonyl (C=O) groups excluding carboxylic acids is 1. The molecule has 1 aromatic carbocycles. The Balaban J connectivity index is 1.79. The average Bonchev–Trinajstić information content (AvgIpc) is 2.95.